The van der Waals surface area contributed by atoms with Crippen molar-refractivity contribution in [3.63, 3.8) is 0 Å². The van der Waals surface area contributed by atoms with Crippen molar-refractivity contribution in [2.75, 3.05) is 0 Å². The summed E-state index contributed by atoms with van der Waals surface area (Å²) in [6, 6.07) is 0. The van der Waals surface area contributed by atoms with Gasteiger partial charge in [-0.3, -0.25) is 0 Å². The summed E-state index contributed by atoms with van der Waals surface area (Å²) in [7, 11) is 0. The Bertz CT molecular complexity index is 324. The van der Waals surface area contributed by atoms with Crippen LogP contribution < -0.4 is 0 Å². The minimum absolute atomic E-state index is 0.217. The fourth-order valence-corrected chi connectivity index (χ4v) is 2.69. The van der Waals surface area contributed by atoms with Crippen LogP contribution >= 0.6 is 0 Å². The molecule has 0 aliphatic heterocycles. The van der Waals surface area contributed by atoms with Crippen LogP contribution in [0.1, 0.15) is 6.92 Å². The summed E-state index contributed by atoms with van der Waals surface area (Å²) in [6.07, 6.45) is -2.58. The van der Waals surface area contributed by atoms with Crippen LogP contribution in [0, 0.1) is 0 Å². The molecule has 15 heavy (non-hydrogen) atoms. The Kier molecular flexibility index (Phi) is 3.83. The van der Waals surface area contributed by atoms with E-state index in [-0.39, 0.29) is 6.08 Å². The van der Waals surface area contributed by atoms with Crippen LogP contribution in [0.4, 0.5) is 22.0 Å². The number of halogens is 5. The Balaban J connectivity index is 3.20. The second-order valence-corrected chi connectivity index (χ2v) is 6.56. The number of hydrogen-bond donors (Lipinski definition) is 0. The molecular formula is C9H9F5Te. The monoisotopic (exact) mass is 342 g/mol. The molecule has 0 aromatic rings. The average Bonchev–Trinajstić information content (AvgIpc) is 2.22. The van der Waals surface area contributed by atoms with Crippen molar-refractivity contribution in [1.29, 1.82) is 0 Å². The van der Waals surface area contributed by atoms with E-state index >= 15 is 0 Å². The molecule has 0 heterocycles. The topological polar surface area (TPSA) is 0 Å². The molecule has 3 unspecified atom stereocenters. The van der Waals surface area contributed by atoms with E-state index in [4.69, 9.17) is 0 Å². The van der Waals surface area contributed by atoms with Gasteiger partial charge < -0.3 is 0 Å². The zero-order chi connectivity index (χ0) is 11.8. The first-order chi connectivity index (χ1) is 6.84. The van der Waals surface area contributed by atoms with Gasteiger partial charge in [-0.2, -0.15) is 0 Å². The van der Waals surface area contributed by atoms with E-state index in [2.05, 4.69) is 0 Å². The summed E-state index contributed by atoms with van der Waals surface area (Å²) in [6.45, 7) is 1.36. The van der Waals surface area contributed by atoms with E-state index in [1.54, 1.807) is 4.97 Å². The Labute approximate surface area is 94.3 Å². The van der Waals surface area contributed by atoms with Gasteiger partial charge in [-0.15, -0.1) is 0 Å². The van der Waals surface area contributed by atoms with Gasteiger partial charge in [-0.25, -0.2) is 0 Å². The molecule has 0 radical (unpaired) electrons. The summed E-state index contributed by atoms with van der Waals surface area (Å²) in [5.41, 5.74) is -2.81. The molecule has 0 N–H and O–H groups in total. The van der Waals surface area contributed by atoms with E-state index in [0.29, 0.717) is 0 Å². The molecule has 0 aromatic carbocycles. The van der Waals surface area contributed by atoms with Crippen LogP contribution in [0.25, 0.3) is 0 Å². The molecule has 3 atom stereocenters. The standard InChI is InChI=1S/C9H9F5Te/c1-4(15-2)9(14)3-5(10)6(11)7(12)8(9)13/h3-4,6H,1-2H3. The Morgan fingerprint density at radius 1 is 1.40 bits per heavy atom. The van der Waals surface area contributed by atoms with Crippen molar-refractivity contribution >= 4 is 20.9 Å². The van der Waals surface area contributed by atoms with Crippen molar-refractivity contribution in [2.45, 2.75) is 27.7 Å². The summed E-state index contributed by atoms with van der Waals surface area (Å²) in [5, 5.41) is 0. The fourth-order valence-electron chi connectivity index (χ4n) is 1.22. The number of allylic oxidation sites excluding steroid dienone is 4. The fraction of sp³-hybridized carbons (Fsp3) is 0.556. The van der Waals surface area contributed by atoms with E-state index in [1.807, 2.05) is 0 Å². The van der Waals surface area contributed by atoms with Gasteiger partial charge in [0.25, 0.3) is 0 Å². The van der Waals surface area contributed by atoms with Gasteiger partial charge in [0.2, 0.25) is 0 Å². The molecule has 6 heteroatoms. The van der Waals surface area contributed by atoms with Gasteiger partial charge in [0.05, 0.1) is 0 Å². The summed E-state index contributed by atoms with van der Waals surface area (Å²) >= 11 is -0.931. The van der Waals surface area contributed by atoms with Crippen LogP contribution in [0.5, 0.6) is 0 Å². The van der Waals surface area contributed by atoms with Gasteiger partial charge in [0, 0.05) is 0 Å². The average molecular weight is 340 g/mol. The second kappa shape index (κ2) is 4.42. The van der Waals surface area contributed by atoms with Gasteiger partial charge in [-0.05, 0) is 0 Å². The molecule has 0 amide bonds. The van der Waals surface area contributed by atoms with Crippen molar-refractivity contribution in [2.24, 2.45) is 0 Å². The van der Waals surface area contributed by atoms with E-state index in [9.17, 15) is 22.0 Å². The Morgan fingerprint density at radius 3 is 2.40 bits per heavy atom. The third kappa shape index (κ3) is 2.07. The zero-order valence-corrected chi connectivity index (χ0v) is 10.4. The van der Waals surface area contributed by atoms with Crippen molar-refractivity contribution in [3.05, 3.63) is 23.6 Å². The molecule has 86 valence electrons. The molecule has 0 nitrogen and oxygen atoms in total. The molecule has 0 saturated heterocycles. The molecule has 0 bridgehead atoms. The van der Waals surface area contributed by atoms with Crippen LogP contribution in [0.3, 0.4) is 0 Å². The first-order valence-corrected chi connectivity index (χ1v) is 7.81. The van der Waals surface area contributed by atoms with Crippen molar-refractivity contribution in [3.8, 4) is 0 Å². The zero-order valence-electron chi connectivity index (χ0n) is 8.03. The molecule has 1 aliphatic carbocycles. The SMILES string of the molecule is C[Te]C(C)C1(F)C=C(F)C(F)C(F)=C1F. The maximum absolute atomic E-state index is 13.9. The third-order valence-corrected chi connectivity index (χ3v) is 5.30. The predicted molar refractivity (Wildman–Crippen MR) is 48.2 cm³/mol. The number of hydrogen-bond acceptors (Lipinski definition) is 0. The van der Waals surface area contributed by atoms with Crippen molar-refractivity contribution in [1.82, 2.24) is 0 Å². The normalized spacial score (nSPS) is 34.1. The summed E-state index contributed by atoms with van der Waals surface area (Å²) in [5.74, 6) is -5.40. The third-order valence-electron chi connectivity index (χ3n) is 2.30. The summed E-state index contributed by atoms with van der Waals surface area (Å²) < 4.78 is 64.6. The Morgan fingerprint density at radius 2 is 1.93 bits per heavy atom. The first kappa shape index (κ1) is 13.0. The molecule has 0 spiro atoms. The molecule has 0 aromatic heterocycles. The molecule has 0 saturated carbocycles. The summed E-state index contributed by atoms with van der Waals surface area (Å²) in [4.78, 5) is 1.68. The van der Waals surface area contributed by atoms with Gasteiger partial charge >= 0.3 is 94.1 Å². The van der Waals surface area contributed by atoms with Crippen LogP contribution in [-0.4, -0.2) is 32.8 Å². The van der Waals surface area contributed by atoms with Crippen molar-refractivity contribution < 1.29 is 22.0 Å². The first-order valence-electron chi connectivity index (χ1n) is 4.14. The minimum atomic E-state index is -2.81. The van der Waals surface area contributed by atoms with Crippen LogP contribution in [0.2, 0.25) is 8.94 Å². The van der Waals surface area contributed by atoms with Gasteiger partial charge in [0.1, 0.15) is 0 Å². The molecule has 0 fully saturated rings. The second-order valence-electron chi connectivity index (χ2n) is 3.20. The van der Waals surface area contributed by atoms with Gasteiger partial charge in [0.15, 0.2) is 0 Å². The van der Waals surface area contributed by atoms with E-state index in [1.165, 1.54) is 6.92 Å². The molecular weight excluding hydrogens is 331 g/mol. The predicted octanol–water partition coefficient (Wildman–Crippen LogP) is 3.61. The molecule has 1 rings (SSSR count). The van der Waals surface area contributed by atoms with E-state index in [0.717, 1.165) is 0 Å². The van der Waals surface area contributed by atoms with Crippen LogP contribution in [-0.2, 0) is 0 Å². The van der Waals surface area contributed by atoms with Gasteiger partial charge in [-0.1, -0.05) is 0 Å². The maximum atomic E-state index is 13.9. The quantitative estimate of drug-likeness (QED) is 0.532. The Hall–Kier alpha value is -0.0804. The van der Waals surface area contributed by atoms with Crippen LogP contribution in [0.15, 0.2) is 23.6 Å². The molecule has 1 aliphatic rings. The number of alkyl halides is 2. The number of rotatable bonds is 2. The van der Waals surface area contributed by atoms with E-state index < -0.39 is 54.2 Å².